The number of rotatable bonds is 2. The van der Waals surface area contributed by atoms with Crippen molar-refractivity contribution in [2.75, 3.05) is 0 Å². The number of carboxylic acid groups (broad SMARTS) is 1. The average Bonchev–Trinajstić information content (AvgIpc) is 2.74. The van der Waals surface area contributed by atoms with Crippen molar-refractivity contribution in [2.45, 2.75) is 6.92 Å². The summed E-state index contributed by atoms with van der Waals surface area (Å²) in [4.78, 5) is 15.7. The zero-order valence-electron chi connectivity index (χ0n) is 10.8. The number of benzene rings is 1. The molecule has 3 aromatic rings. The minimum atomic E-state index is -1.15. The van der Waals surface area contributed by atoms with Crippen LogP contribution in [-0.4, -0.2) is 25.7 Å². The van der Waals surface area contributed by atoms with Gasteiger partial charge in [-0.25, -0.2) is 18.7 Å². The molecule has 2 aromatic heterocycles. The van der Waals surface area contributed by atoms with Crippen LogP contribution in [0.1, 0.15) is 16.2 Å². The molecule has 0 aliphatic carbocycles. The molecule has 1 N–H and O–H groups in total. The van der Waals surface area contributed by atoms with Crippen molar-refractivity contribution in [3.8, 4) is 11.3 Å². The fourth-order valence-electron chi connectivity index (χ4n) is 2.02. The van der Waals surface area contributed by atoms with E-state index in [1.807, 2.05) is 0 Å². The number of aromatic nitrogens is 3. The third-order valence-corrected chi connectivity index (χ3v) is 3.49. The zero-order valence-corrected chi connectivity index (χ0v) is 11.6. The molecule has 0 unspecified atom stereocenters. The summed E-state index contributed by atoms with van der Waals surface area (Å²) < 4.78 is 14.2. The molecular weight excluding hydrogens is 297 g/mol. The molecule has 5 nitrogen and oxygen atoms in total. The Balaban J connectivity index is 2.31. The van der Waals surface area contributed by atoms with Gasteiger partial charge in [-0.3, -0.25) is 0 Å². The summed E-state index contributed by atoms with van der Waals surface area (Å²) in [6.07, 6.45) is 0. The highest BCUT2D eigenvalue weighted by atomic mass is 35.5. The molecule has 7 heteroatoms. The summed E-state index contributed by atoms with van der Waals surface area (Å²) in [5.74, 6) is -1.53. The molecule has 0 aliphatic rings. The van der Waals surface area contributed by atoms with Crippen LogP contribution in [0.2, 0.25) is 5.02 Å². The molecule has 0 saturated carbocycles. The van der Waals surface area contributed by atoms with E-state index in [2.05, 4.69) is 10.1 Å². The van der Waals surface area contributed by atoms with Gasteiger partial charge in [0.25, 0.3) is 0 Å². The summed E-state index contributed by atoms with van der Waals surface area (Å²) in [6.45, 7) is 1.67. The molecule has 0 aliphatic heterocycles. The fraction of sp³-hybridized carbons (Fsp3) is 0.0714. The second kappa shape index (κ2) is 4.82. The molecule has 2 heterocycles. The molecular formula is C14H9ClFN3O2. The molecule has 106 valence electrons. The third-order valence-electron chi connectivity index (χ3n) is 3.05. The number of hydrogen-bond donors (Lipinski definition) is 1. The van der Waals surface area contributed by atoms with Gasteiger partial charge in [0.2, 0.25) is 0 Å². The fourth-order valence-corrected chi connectivity index (χ4v) is 2.18. The van der Waals surface area contributed by atoms with Crippen LogP contribution in [0.15, 0.2) is 30.3 Å². The highest BCUT2D eigenvalue weighted by Crippen LogP contribution is 2.25. The Labute approximate surface area is 123 Å². The molecule has 3 rings (SSSR count). The number of halogens is 2. The predicted molar refractivity (Wildman–Crippen MR) is 75.1 cm³/mol. The maximum atomic E-state index is 13.0. The lowest BCUT2D eigenvalue weighted by Crippen LogP contribution is -2.08. The van der Waals surface area contributed by atoms with Gasteiger partial charge in [0.15, 0.2) is 11.3 Å². The molecule has 0 spiro atoms. The lowest BCUT2D eigenvalue weighted by Gasteiger charge is -2.05. The van der Waals surface area contributed by atoms with E-state index in [-0.39, 0.29) is 17.2 Å². The van der Waals surface area contributed by atoms with E-state index in [9.17, 15) is 14.3 Å². The van der Waals surface area contributed by atoms with Crippen molar-refractivity contribution in [1.82, 2.24) is 14.6 Å². The molecule has 0 amide bonds. The lowest BCUT2D eigenvalue weighted by molar-refractivity contribution is 0.0687. The second-order valence-corrected chi connectivity index (χ2v) is 4.85. The number of nitrogens with zero attached hydrogens (tertiary/aromatic N) is 3. The number of aromatic carboxylic acids is 1. The Morgan fingerprint density at radius 1 is 1.33 bits per heavy atom. The average molecular weight is 306 g/mol. The highest BCUT2D eigenvalue weighted by molar-refractivity contribution is 6.34. The number of aryl methyl sites for hydroxylation is 1. The first-order valence-corrected chi connectivity index (χ1v) is 6.40. The van der Waals surface area contributed by atoms with Gasteiger partial charge in [-0.2, -0.15) is 5.10 Å². The van der Waals surface area contributed by atoms with E-state index in [1.54, 1.807) is 6.92 Å². The van der Waals surface area contributed by atoms with E-state index < -0.39 is 5.97 Å². The van der Waals surface area contributed by atoms with Crippen molar-refractivity contribution in [1.29, 1.82) is 0 Å². The molecule has 0 atom stereocenters. The van der Waals surface area contributed by atoms with E-state index in [0.717, 1.165) is 0 Å². The first kappa shape index (κ1) is 13.5. The van der Waals surface area contributed by atoms with Gasteiger partial charge in [0.1, 0.15) is 10.8 Å². The van der Waals surface area contributed by atoms with E-state index in [4.69, 9.17) is 11.6 Å². The first-order chi connectivity index (χ1) is 9.97. The van der Waals surface area contributed by atoms with E-state index >= 15 is 0 Å². The van der Waals surface area contributed by atoms with Crippen molar-refractivity contribution >= 4 is 23.2 Å². The molecule has 0 radical (unpaired) electrons. The zero-order chi connectivity index (χ0) is 15.1. The molecule has 21 heavy (non-hydrogen) atoms. The maximum absolute atomic E-state index is 13.0. The van der Waals surface area contributed by atoms with Gasteiger partial charge in [0.05, 0.1) is 11.4 Å². The first-order valence-electron chi connectivity index (χ1n) is 6.02. The van der Waals surface area contributed by atoms with Crippen molar-refractivity contribution < 1.29 is 14.3 Å². The van der Waals surface area contributed by atoms with Crippen LogP contribution < -0.4 is 0 Å². The molecule has 0 saturated heterocycles. The largest absolute Gasteiger partial charge is 0.477 e. The molecule has 0 bridgehead atoms. The lowest BCUT2D eigenvalue weighted by atomic mass is 10.1. The van der Waals surface area contributed by atoms with Crippen LogP contribution in [-0.2, 0) is 0 Å². The van der Waals surface area contributed by atoms with Crippen molar-refractivity contribution in [3.63, 3.8) is 0 Å². The van der Waals surface area contributed by atoms with Gasteiger partial charge in [-0.15, -0.1) is 0 Å². The monoisotopic (exact) mass is 305 g/mol. The predicted octanol–water partition coefficient (Wildman–Crippen LogP) is 3.20. The number of carbonyl (C=O) groups is 1. The minimum absolute atomic E-state index is 0.0608. The quantitative estimate of drug-likeness (QED) is 0.789. The van der Waals surface area contributed by atoms with Gasteiger partial charge in [0, 0.05) is 5.56 Å². The second-order valence-electron chi connectivity index (χ2n) is 4.47. The summed E-state index contributed by atoms with van der Waals surface area (Å²) in [7, 11) is 0. The number of carboxylic acids is 1. The maximum Gasteiger partial charge on any atom is 0.354 e. The van der Waals surface area contributed by atoms with Crippen LogP contribution in [0.4, 0.5) is 4.39 Å². The van der Waals surface area contributed by atoms with E-state index in [0.29, 0.717) is 22.0 Å². The molecule has 1 aromatic carbocycles. The minimum Gasteiger partial charge on any atom is -0.477 e. The standard InChI is InChI=1S/C14H9ClFN3O2/c1-7-12(15)13-17-10(8-2-4-9(16)5-3-8)6-11(14(20)21)19(13)18-7/h2-6H,1H3,(H,20,21). The summed E-state index contributed by atoms with van der Waals surface area (Å²) in [5, 5.41) is 13.7. The highest BCUT2D eigenvalue weighted by Gasteiger charge is 2.18. The third kappa shape index (κ3) is 2.23. The van der Waals surface area contributed by atoms with E-state index in [1.165, 1.54) is 34.8 Å². The molecule has 0 fully saturated rings. The normalized spacial score (nSPS) is 11.0. The number of hydrogen-bond acceptors (Lipinski definition) is 3. The Bertz CT molecular complexity index is 859. The Hall–Kier alpha value is -2.47. The van der Waals surface area contributed by atoms with Crippen LogP contribution in [0.3, 0.4) is 0 Å². The topological polar surface area (TPSA) is 67.5 Å². The smallest absolute Gasteiger partial charge is 0.354 e. The van der Waals surface area contributed by atoms with Crippen molar-refractivity contribution in [3.05, 3.63) is 52.6 Å². The summed E-state index contributed by atoms with van der Waals surface area (Å²) in [6, 6.07) is 7.00. The number of fused-ring (bicyclic) bond motifs is 1. The van der Waals surface area contributed by atoms with Gasteiger partial charge in [-0.05, 0) is 37.3 Å². The van der Waals surface area contributed by atoms with Crippen LogP contribution >= 0.6 is 11.6 Å². The van der Waals surface area contributed by atoms with Gasteiger partial charge < -0.3 is 5.11 Å². The Morgan fingerprint density at radius 3 is 2.62 bits per heavy atom. The van der Waals surface area contributed by atoms with Gasteiger partial charge in [-0.1, -0.05) is 11.6 Å². The SMILES string of the molecule is Cc1nn2c(C(=O)O)cc(-c3ccc(F)cc3)nc2c1Cl. The van der Waals surface area contributed by atoms with Crippen LogP contribution in [0.5, 0.6) is 0 Å². The van der Waals surface area contributed by atoms with Crippen LogP contribution in [0.25, 0.3) is 16.9 Å². The van der Waals surface area contributed by atoms with Gasteiger partial charge >= 0.3 is 5.97 Å². The summed E-state index contributed by atoms with van der Waals surface area (Å²) >= 11 is 6.10. The Kier molecular flexibility index (Phi) is 3.10. The summed E-state index contributed by atoms with van der Waals surface area (Å²) in [5.41, 5.74) is 1.67. The van der Waals surface area contributed by atoms with Crippen molar-refractivity contribution in [2.24, 2.45) is 0 Å². The van der Waals surface area contributed by atoms with Crippen LogP contribution in [0, 0.1) is 12.7 Å². The Morgan fingerprint density at radius 2 is 2.00 bits per heavy atom.